The van der Waals surface area contributed by atoms with E-state index in [0.29, 0.717) is 19.4 Å². The lowest BCUT2D eigenvalue weighted by atomic mass is 9.44. The number of carbonyl (C=O) groups is 2. The first-order valence-electron chi connectivity index (χ1n) is 13.2. The summed E-state index contributed by atoms with van der Waals surface area (Å²) in [6.45, 7) is 17.4. The maximum Gasteiger partial charge on any atom is 0.307 e. The molecular weight excluding hydrogens is 460 g/mol. The summed E-state index contributed by atoms with van der Waals surface area (Å²) < 4.78 is 12.5. The van der Waals surface area contributed by atoms with Crippen LogP contribution in [-0.2, 0) is 19.1 Å². The molecule has 3 fully saturated rings. The van der Waals surface area contributed by atoms with Crippen LogP contribution in [-0.4, -0.2) is 101 Å². The summed E-state index contributed by atoms with van der Waals surface area (Å²) >= 11 is 0. The molecule has 8 heteroatoms. The van der Waals surface area contributed by atoms with Crippen LogP contribution >= 0.6 is 0 Å². The minimum atomic E-state index is -2.09. The largest absolute Gasteiger partial charge is 0.455 e. The maximum absolute atomic E-state index is 13.9. The fourth-order valence-electron chi connectivity index (χ4n) is 7.12. The zero-order valence-electron chi connectivity index (χ0n) is 22.8. The summed E-state index contributed by atoms with van der Waals surface area (Å²) in [4.78, 5) is 31.5. The van der Waals surface area contributed by atoms with Gasteiger partial charge in [0, 0.05) is 39.1 Å². The van der Waals surface area contributed by atoms with Crippen molar-refractivity contribution < 1.29 is 29.3 Å². The van der Waals surface area contributed by atoms with Crippen LogP contribution in [0.25, 0.3) is 0 Å². The Hall–Kier alpha value is -1.58. The van der Waals surface area contributed by atoms with Crippen molar-refractivity contribution in [2.24, 2.45) is 10.8 Å². The van der Waals surface area contributed by atoms with E-state index in [2.05, 4.69) is 23.4 Å². The summed E-state index contributed by atoms with van der Waals surface area (Å²) in [5, 5.41) is 23.7. The molecule has 8 nitrogen and oxygen atoms in total. The van der Waals surface area contributed by atoms with Gasteiger partial charge in [-0.25, -0.2) is 0 Å². The van der Waals surface area contributed by atoms with E-state index in [1.807, 2.05) is 19.9 Å². The van der Waals surface area contributed by atoms with Gasteiger partial charge >= 0.3 is 5.97 Å². The summed E-state index contributed by atoms with van der Waals surface area (Å²) in [6.07, 6.45) is 2.70. The normalized spacial score (nSPS) is 43.2. The number of esters is 1. The van der Waals surface area contributed by atoms with E-state index >= 15 is 0 Å². The lowest BCUT2D eigenvalue weighted by molar-refractivity contribution is -0.305. The number of aliphatic hydroxyl groups is 2. The van der Waals surface area contributed by atoms with Crippen LogP contribution in [0.4, 0.5) is 0 Å². The Balaban J connectivity index is 1.71. The van der Waals surface area contributed by atoms with Gasteiger partial charge in [-0.2, -0.15) is 0 Å². The Labute approximate surface area is 215 Å². The maximum atomic E-state index is 13.9. The number of hydrogen-bond donors (Lipinski definition) is 2. The number of Topliss-reactive ketones (excluding diaryl/α,β-unsaturated/α-hetero) is 1. The minimum Gasteiger partial charge on any atom is -0.455 e. The van der Waals surface area contributed by atoms with Gasteiger partial charge in [-0.15, -0.1) is 6.58 Å². The molecule has 0 amide bonds. The molecule has 0 unspecified atom stereocenters. The number of aliphatic hydroxyl groups excluding tert-OH is 1. The molecule has 2 saturated heterocycles. The molecule has 2 aliphatic carbocycles. The van der Waals surface area contributed by atoms with Crippen LogP contribution < -0.4 is 0 Å². The zero-order chi connectivity index (χ0) is 26.7. The van der Waals surface area contributed by atoms with Crippen LogP contribution in [0.2, 0.25) is 0 Å². The number of carbonyl (C=O) groups excluding carboxylic acids is 2. The molecule has 36 heavy (non-hydrogen) atoms. The van der Waals surface area contributed by atoms with E-state index in [4.69, 9.17) is 9.47 Å². The van der Waals surface area contributed by atoms with Gasteiger partial charge in [-0.1, -0.05) is 25.5 Å². The Kier molecular flexibility index (Phi) is 6.88. The first-order valence-corrected chi connectivity index (χ1v) is 13.2. The van der Waals surface area contributed by atoms with Gasteiger partial charge < -0.3 is 29.5 Å². The molecule has 4 aliphatic rings. The number of hydrogen-bond acceptors (Lipinski definition) is 8. The van der Waals surface area contributed by atoms with Gasteiger partial charge in [0.05, 0.1) is 23.5 Å². The second kappa shape index (κ2) is 9.02. The van der Waals surface area contributed by atoms with Gasteiger partial charge in [-0.3, -0.25) is 9.59 Å². The Morgan fingerprint density at radius 2 is 1.86 bits per heavy atom. The zero-order valence-corrected chi connectivity index (χ0v) is 22.8. The van der Waals surface area contributed by atoms with Gasteiger partial charge in [0.15, 0.2) is 17.5 Å². The third kappa shape index (κ3) is 4.00. The number of nitrogens with zero attached hydrogens (tertiary/aromatic N) is 2. The Bertz CT molecular complexity index is 956. The molecule has 6 atom stereocenters. The van der Waals surface area contributed by atoms with E-state index < -0.39 is 51.6 Å². The first kappa shape index (κ1) is 27.5. The van der Waals surface area contributed by atoms with Crippen molar-refractivity contribution in [2.45, 2.75) is 89.3 Å². The highest BCUT2D eigenvalue weighted by atomic mass is 16.6. The molecule has 0 radical (unpaired) electrons. The average Bonchev–Trinajstić information content (AvgIpc) is 2.81. The van der Waals surface area contributed by atoms with Crippen molar-refractivity contribution in [3.63, 3.8) is 0 Å². The van der Waals surface area contributed by atoms with Crippen molar-refractivity contribution >= 4 is 11.8 Å². The summed E-state index contributed by atoms with van der Waals surface area (Å²) in [5.41, 5.74) is -5.70. The number of rotatable bonds is 5. The molecule has 2 aliphatic heterocycles. The number of likely N-dealkylation sites (N-methyl/N-ethyl adjacent to an activating group) is 1. The lowest BCUT2D eigenvalue weighted by Gasteiger charge is -2.66. The van der Waals surface area contributed by atoms with Gasteiger partial charge in [0.1, 0.15) is 5.60 Å². The first-order chi connectivity index (χ1) is 16.6. The van der Waals surface area contributed by atoms with Crippen molar-refractivity contribution in [3.05, 3.63) is 24.3 Å². The molecule has 0 bridgehead atoms. The standard InChI is InChI=1S/C28H44N2O6/c1-8-25(4)18-21(32)28(34)26(5)19(24(2,3)11-9-20(26)31)17-22(27(28,6)36-25)35-23(33)10-12-30-15-13-29(7)14-16-30/h8,17,20,22,31,34H,1,9-16,18H2,2-7H3/t20-,22-,25-,26+,27+,28-/m0/s1. The molecule has 4 rings (SSSR count). The number of fused-ring (bicyclic) bond motifs is 3. The Morgan fingerprint density at radius 3 is 2.47 bits per heavy atom. The van der Waals surface area contributed by atoms with Crippen LogP contribution in [0.3, 0.4) is 0 Å². The molecule has 1 saturated carbocycles. The number of piperazine rings is 1. The topological polar surface area (TPSA) is 99.5 Å². The quantitative estimate of drug-likeness (QED) is 0.434. The summed E-state index contributed by atoms with van der Waals surface area (Å²) in [6, 6.07) is 0. The van der Waals surface area contributed by atoms with E-state index in [1.54, 1.807) is 26.8 Å². The molecular formula is C28H44N2O6. The van der Waals surface area contributed by atoms with E-state index in [9.17, 15) is 19.8 Å². The lowest BCUT2D eigenvalue weighted by Crippen LogP contribution is -2.81. The summed E-state index contributed by atoms with van der Waals surface area (Å²) in [7, 11) is 2.09. The average molecular weight is 505 g/mol. The molecule has 2 heterocycles. The SMILES string of the molecule is C=C[C@@]1(C)CC(=O)[C@@]2(O)[C@](C)(O1)[C@@H](OC(=O)CCN1CCN(C)CC1)C=C1C(C)(C)CC[C@H](O)[C@@]12C. The van der Waals surface area contributed by atoms with Crippen LogP contribution in [0.1, 0.15) is 60.3 Å². The van der Waals surface area contributed by atoms with E-state index in [0.717, 1.165) is 31.8 Å². The molecule has 0 spiro atoms. The van der Waals surface area contributed by atoms with Crippen molar-refractivity contribution in [1.29, 1.82) is 0 Å². The van der Waals surface area contributed by atoms with Crippen molar-refractivity contribution in [2.75, 3.05) is 39.8 Å². The van der Waals surface area contributed by atoms with E-state index in [-0.39, 0.29) is 12.8 Å². The Morgan fingerprint density at radius 1 is 1.22 bits per heavy atom. The highest BCUT2D eigenvalue weighted by Gasteiger charge is 2.76. The molecule has 202 valence electrons. The second-order valence-electron chi connectivity index (χ2n) is 12.6. The van der Waals surface area contributed by atoms with Gasteiger partial charge in [0.2, 0.25) is 0 Å². The fraction of sp³-hybridized carbons (Fsp3) is 0.786. The third-order valence-corrected chi connectivity index (χ3v) is 9.61. The minimum absolute atomic E-state index is 0.0807. The van der Waals surface area contributed by atoms with Crippen molar-refractivity contribution in [1.82, 2.24) is 9.80 Å². The smallest absolute Gasteiger partial charge is 0.307 e. The monoisotopic (exact) mass is 504 g/mol. The van der Waals surface area contributed by atoms with Gasteiger partial charge in [0.25, 0.3) is 0 Å². The molecule has 0 aromatic carbocycles. The van der Waals surface area contributed by atoms with Crippen molar-refractivity contribution in [3.8, 4) is 0 Å². The van der Waals surface area contributed by atoms with Crippen LogP contribution in [0.15, 0.2) is 24.3 Å². The number of ketones is 1. The number of ether oxygens (including phenoxy) is 2. The molecule has 2 N–H and O–H groups in total. The summed E-state index contributed by atoms with van der Waals surface area (Å²) in [5.74, 6) is -0.832. The van der Waals surface area contributed by atoms with Crippen LogP contribution in [0, 0.1) is 10.8 Å². The second-order valence-corrected chi connectivity index (χ2v) is 12.6. The molecule has 0 aromatic rings. The molecule has 0 aromatic heterocycles. The fourth-order valence-corrected chi connectivity index (χ4v) is 7.12. The van der Waals surface area contributed by atoms with Gasteiger partial charge in [-0.05, 0) is 52.2 Å². The van der Waals surface area contributed by atoms with Crippen LogP contribution in [0.5, 0.6) is 0 Å². The third-order valence-electron chi connectivity index (χ3n) is 9.61. The highest BCUT2D eigenvalue weighted by molar-refractivity contribution is 5.93. The highest BCUT2D eigenvalue weighted by Crippen LogP contribution is 2.64. The van der Waals surface area contributed by atoms with E-state index in [1.165, 1.54) is 0 Å². The predicted molar refractivity (Wildman–Crippen MR) is 136 cm³/mol. The predicted octanol–water partition coefficient (Wildman–Crippen LogP) is 2.09.